The van der Waals surface area contributed by atoms with E-state index in [1.54, 1.807) is 18.4 Å². The maximum atomic E-state index is 9.27. The normalized spacial score (nSPS) is 29.5. The summed E-state index contributed by atoms with van der Waals surface area (Å²) in [6.07, 6.45) is 6.97. The van der Waals surface area contributed by atoms with Gasteiger partial charge < -0.3 is 14.6 Å². The molecular weight excluding hydrogens is 168 g/mol. The molecule has 72 valence electrons. The summed E-state index contributed by atoms with van der Waals surface area (Å²) < 4.78 is 10.7. The third-order valence-corrected chi connectivity index (χ3v) is 2.54. The summed E-state index contributed by atoms with van der Waals surface area (Å²) in [5, 5.41) is 9.27. The largest absolute Gasteiger partial charge is 0.508 e. The number of aliphatic hydroxyl groups is 1. The molecule has 0 aromatic carbocycles. The van der Waals surface area contributed by atoms with Crippen LogP contribution in [-0.4, -0.2) is 24.4 Å². The summed E-state index contributed by atoms with van der Waals surface area (Å²) in [4.78, 5) is 0. The summed E-state index contributed by atoms with van der Waals surface area (Å²) >= 11 is 0. The number of rotatable bonds is 1. The third-order valence-electron chi connectivity index (χ3n) is 2.54. The predicted molar refractivity (Wildman–Crippen MR) is 48.3 cm³/mol. The zero-order valence-corrected chi connectivity index (χ0v) is 7.48. The lowest BCUT2D eigenvalue weighted by Crippen LogP contribution is -2.28. The van der Waals surface area contributed by atoms with Crippen LogP contribution in [0.3, 0.4) is 0 Å². The highest BCUT2D eigenvalue weighted by Crippen LogP contribution is 2.24. The first kappa shape index (κ1) is 8.63. The SMILES string of the molecule is OC1=CC(C2CCOCC2)OC=C1. The van der Waals surface area contributed by atoms with Gasteiger partial charge in [-0.05, 0) is 18.9 Å². The molecule has 0 spiro atoms. The lowest BCUT2D eigenvalue weighted by atomic mass is 9.93. The van der Waals surface area contributed by atoms with E-state index in [1.165, 1.54) is 0 Å². The fourth-order valence-electron chi connectivity index (χ4n) is 1.75. The van der Waals surface area contributed by atoms with Gasteiger partial charge in [0.05, 0.1) is 6.26 Å². The average Bonchev–Trinajstić information content (AvgIpc) is 2.19. The first-order valence-corrected chi connectivity index (χ1v) is 4.67. The minimum atomic E-state index is 0.0360. The molecule has 2 aliphatic heterocycles. The van der Waals surface area contributed by atoms with Crippen LogP contribution in [0.5, 0.6) is 0 Å². The molecule has 2 heterocycles. The van der Waals surface area contributed by atoms with Crippen molar-refractivity contribution in [2.45, 2.75) is 18.9 Å². The van der Waals surface area contributed by atoms with Gasteiger partial charge in [-0.15, -0.1) is 0 Å². The first-order valence-electron chi connectivity index (χ1n) is 4.67. The van der Waals surface area contributed by atoms with Gasteiger partial charge in [0.2, 0.25) is 0 Å². The number of hydrogen-bond donors (Lipinski definition) is 1. The van der Waals surface area contributed by atoms with Crippen LogP contribution >= 0.6 is 0 Å². The van der Waals surface area contributed by atoms with Gasteiger partial charge in [-0.2, -0.15) is 0 Å². The van der Waals surface area contributed by atoms with Crippen molar-refractivity contribution >= 4 is 0 Å². The zero-order valence-electron chi connectivity index (χ0n) is 7.48. The number of aliphatic hydroxyl groups excluding tert-OH is 1. The van der Waals surface area contributed by atoms with Crippen molar-refractivity contribution < 1.29 is 14.6 Å². The Morgan fingerprint density at radius 2 is 2.08 bits per heavy atom. The molecule has 0 amide bonds. The molecule has 0 bridgehead atoms. The van der Waals surface area contributed by atoms with E-state index in [-0.39, 0.29) is 6.10 Å². The molecule has 13 heavy (non-hydrogen) atoms. The molecule has 0 saturated carbocycles. The Morgan fingerprint density at radius 3 is 2.77 bits per heavy atom. The smallest absolute Gasteiger partial charge is 0.123 e. The number of allylic oxidation sites excluding steroid dienone is 1. The fourth-order valence-corrected chi connectivity index (χ4v) is 1.75. The summed E-state index contributed by atoms with van der Waals surface area (Å²) in [6.45, 7) is 1.62. The summed E-state index contributed by atoms with van der Waals surface area (Å²) in [5.41, 5.74) is 0. The second-order valence-corrected chi connectivity index (χ2v) is 3.44. The van der Waals surface area contributed by atoms with E-state index in [4.69, 9.17) is 9.47 Å². The maximum absolute atomic E-state index is 9.27. The van der Waals surface area contributed by atoms with E-state index in [0.717, 1.165) is 26.1 Å². The molecule has 1 saturated heterocycles. The molecule has 0 aromatic heterocycles. The van der Waals surface area contributed by atoms with Gasteiger partial charge in [0.15, 0.2) is 0 Å². The Bertz CT molecular complexity index is 226. The molecule has 3 heteroatoms. The van der Waals surface area contributed by atoms with Gasteiger partial charge in [0, 0.05) is 25.2 Å². The molecule has 2 aliphatic rings. The van der Waals surface area contributed by atoms with Gasteiger partial charge in [-0.25, -0.2) is 0 Å². The zero-order chi connectivity index (χ0) is 9.10. The van der Waals surface area contributed by atoms with Crippen molar-refractivity contribution in [3.05, 3.63) is 24.2 Å². The quantitative estimate of drug-likeness (QED) is 0.671. The monoisotopic (exact) mass is 182 g/mol. The summed E-state index contributed by atoms with van der Waals surface area (Å²) in [7, 11) is 0. The van der Waals surface area contributed by atoms with Crippen LogP contribution < -0.4 is 0 Å². The van der Waals surface area contributed by atoms with E-state index < -0.39 is 0 Å². The van der Waals surface area contributed by atoms with Gasteiger partial charge in [-0.1, -0.05) is 0 Å². The second kappa shape index (κ2) is 3.83. The highest BCUT2D eigenvalue weighted by Gasteiger charge is 2.24. The Hall–Kier alpha value is -0.960. The highest BCUT2D eigenvalue weighted by atomic mass is 16.5. The highest BCUT2D eigenvalue weighted by molar-refractivity contribution is 5.15. The predicted octanol–water partition coefficient (Wildman–Crippen LogP) is 1.77. The Balaban J connectivity index is 1.96. The van der Waals surface area contributed by atoms with E-state index in [2.05, 4.69) is 0 Å². The Morgan fingerprint density at radius 1 is 1.31 bits per heavy atom. The molecule has 1 atom stereocenters. The van der Waals surface area contributed by atoms with Crippen molar-refractivity contribution in [2.75, 3.05) is 13.2 Å². The van der Waals surface area contributed by atoms with Gasteiger partial charge in [0.25, 0.3) is 0 Å². The summed E-state index contributed by atoms with van der Waals surface area (Å²) in [5.74, 6) is 0.795. The topological polar surface area (TPSA) is 38.7 Å². The van der Waals surface area contributed by atoms with Gasteiger partial charge >= 0.3 is 0 Å². The molecule has 1 N–H and O–H groups in total. The lowest BCUT2D eigenvalue weighted by molar-refractivity contribution is 0.0166. The standard InChI is InChI=1S/C10H14O3/c11-9-3-6-13-10(7-9)8-1-4-12-5-2-8/h3,6-8,10-11H,1-2,4-5H2. The van der Waals surface area contributed by atoms with Crippen molar-refractivity contribution in [3.63, 3.8) is 0 Å². The van der Waals surface area contributed by atoms with Crippen LogP contribution in [0.4, 0.5) is 0 Å². The third kappa shape index (κ3) is 2.04. The molecule has 3 nitrogen and oxygen atoms in total. The molecule has 1 unspecified atom stereocenters. The van der Waals surface area contributed by atoms with Crippen LogP contribution in [-0.2, 0) is 9.47 Å². The minimum absolute atomic E-state index is 0.0360. The molecule has 2 rings (SSSR count). The number of ether oxygens (including phenoxy) is 2. The minimum Gasteiger partial charge on any atom is -0.508 e. The van der Waals surface area contributed by atoms with Crippen molar-refractivity contribution in [1.29, 1.82) is 0 Å². The average molecular weight is 182 g/mol. The molecule has 1 fully saturated rings. The lowest BCUT2D eigenvalue weighted by Gasteiger charge is -2.28. The molecular formula is C10H14O3. The molecule has 0 aromatic rings. The Kier molecular flexibility index (Phi) is 2.54. The second-order valence-electron chi connectivity index (χ2n) is 3.44. The summed E-state index contributed by atoms with van der Waals surface area (Å²) in [6, 6.07) is 0. The van der Waals surface area contributed by atoms with Crippen molar-refractivity contribution in [1.82, 2.24) is 0 Å². The van der Waals surface area contributed by atoms with Crippen LogP contribution in [0.2, 0.25) is 0 Å². The molecule has 0 radical (unpaired) electrons. The van der Waals surface area contributed by atoms with E-state index >= 15 is 0 Å². The maximum Gasteiger partial charge on any atom is 0.123 e. The van der Waals surface area contributed by atoms with Gasteiger partial charge in [-0.3, -0.25) is 0 Å². The van der Waals surface area contributed by atoms with Gasteiger partial charge in [0.1, 0.15) is 11.9 Å². The number of hydrogen-bond acceptors (Lipinski definition) is 3. The van der Waals surface area contributed by atoms with Crippen LogP contribution in [0.25, 0.3) is 0 Å². The Labute approximate surface area is 77.7 Å². The van der Waals surface area contributed by atoms with Crippen LogP contribution in [0.1, 0.15) is 12.8 Å². The molecule has 0 aliphatic carbocycles. The first-order chi connectivity index (χ1) is 6.36. The van der Waals surface area contributed by atoms with Crippen LogP contribution in [0, 0.1) is 5.92 Å². The van der Waals surface area contributed by atoms with Crippen LogP contribution in [0.15, 0.2) is 24.2 Å². The van der Waals surface area contributed by atoms with E-state index in [0.29, 0.717) is 11.7 Å². The fraction of sp³-hybridized carbons (Fsp3) is 0.600. The van der Waals surface area contributed by atoms with E-state index in [9.17, 15) is 5.11 Å². The van der Waals surface area contributed by atoms with Crippen molar-refractivity contribution in [3.8, 4) is 0 Å². The van der Waals surface area contributed by atoms with E-state index in [1.807, 2.05) is 0 Å². The van der Waals surface area contributed by atoms with Crippen molar-refractivity contribution in [2.24, 2.45) is 5.92 Å².